The molecule has 0 bridgehead atoms. The standard InChI is InChI=1S/C24H21N3O2S/c1-3-13-26-18-12-8-7-11-16(18)20-21-17(23(28)25-24(21)29)14-19(22(20)26)27(30-2)15-9-5-4-6-10-15/h4-12,14H,3,13H2,1-2H3,(H,25,28,29). The van der Waals surface area contributed by atoms with Crippen molar-refractivity contribution >= 4 is 56.9 Å². The number of hydrogen-bond acceptors (Lipinski definition) is 4. The van der Waals surface area contributed by atoms with E-state index in [1.807, 2.05) is 60.9 Å². The van der Waals surface area contributed by atoms with Crippen molar-refractivity contribution < 1.29 is 9.59 Å². The van der Waals surface area contributed by atoms with Crippen LogP contribution in [0, 0.1) is 0 Å². The third-order valence-corrected chi connectivity index (χ3v) is 6.32. The zero-order chi connectivity index (χ0) is 20.8. The molecular formula is C24H21N3O2S. The lowest BCUT2D eigenvalue weighted by atomic mass is 10.0. The van der Waals surface area contributed by atoms with Gasteiger partial charge in [0.2, 0.25) is 0 Å². The van der Waals surface area contributed by atoms with Crippen molar-refractivity contribution in [1.82, 2.24) is 9.88 Å². The number of imide groups is 1. The molecule has 1 aliphatic heterocycles. The topological polar surface area (TPSA) is 54.3 Å². The van der Waals surface area contributed by atoms with Gasteiger partial charge in [-0.2, -0.15) is 0 Å². The number of carbonyl (C=O) groups is 2. The first-order valence-corrected chi connectivity index (χ1v) is 11.2. The molecule has 0 unspecified atom stereocenters. The number of nitrogens with one attached hydrogen (secondary N) is 1. The number of amides is 2. The Kier molecular flexibility index (Phi) is 4.51. The van der Waals surface area contributed by atoms with E-state index in [1.54, 1.807) is 11.9 Å². The molecule has 2 amide bonds. The van der Waals surface area contributed by atoms with Crippen LogP contribution in [0.1, 0.15) is 34.1 Å². The molecule has 6 heteroatoms. The van der Waals surface area contributed by atoms with Gasteiger partial charge in [-0.1, -0.05) is 43.3 Å². The Bertz CT molecular complexity index is 1310. The van der Waals surface area contributed by atoms with E-state index in [2.05, 4.69) is 27.2 Å². The second kappa shape index (κ2) is 7.22. The lowest BCUT2D eigenvalue weighted by Crippen LogP contribution is -2.20. The lowest BCUT2D eigenvalue weighted by molar-refractivity contribution is 0.0880. The van der Waals surface area contributed by atoms with Crippen LogP contribution in [0.15, 0.2) is 60.7 Å². The van der Waals surface area contributed by atoms with Gasteiger partial charge in [-0.05, 0) is 42.6 Å². The van der Waals surface area contributed by atoms with Gasteiger partial charge in [0.15, 0.2) is 0 Å². The van der Waals surface area contributed by atoms with Crippen LogP contribution in [-0.4, -0.2) is 22.6 Å². The molecular weight excluding hydrogens is 394 g/mol. The quantitative estimate of drug-likeness (QED) is 0.345. The van der Waals surface area contributed by atoms with Gasteiger partial charge in [0.1, 0.15) is 0 Å². The Morgan fingerprint density at radius 3 is 2.47 bits per heavy atom. The minimum atomic E-state index is -0.334. The highest BCUT2D eigenvalue weighted by molar-refractivity contribution is 8.00. The molecule has 0 spiro atoms. The zero-order valence-corrected chi connectivity index (χ0v) is 17.6. The van der Waals surface area contributed by atoms with Crippen molar-refractivity contribution in [2.45, 2.75) is 19.9 Å². The van der Waals surface area contributed by atoms with Crippen molar-refractivity contribution in [3.05, 3.63) is 71.8 Å². The Hall–Kier alpha value is -3.25. The lowest BCUT2D eigenvalue weighted by Gasteiger charge is -2.24. The van der Waals surface area contributed by atoms with Gasteiger partial charge < -0.3 is 4.57 Å². The smallest absolute Gasteiger partial charge is 0.259 e. The average molecular weight is 416 g/mol. The summed E-state index contributed by atoms with van der Waals surface area (Å²) < 4.78 is 4.41. The number of anilines is 2. The molecule has 0 aliphatic carbocycles. The maximum Gasteiger partial charge on any atom is 0.259 e. The summed E-state index contributed by atoms with van der Waals surface area (Å²) in [6.07, 6.45) is 2.98. The maximum absolute atomic E-state index is 12.8. The Morgan fingerprint density at radius 1 is 1.00 bits per heavy atom. The highest BCUT2D eigenvalue weighted by Crippen LogP contribution is 2.44. The van der Waals surface area contributed by atoms with Crippen LogP contribution in [0.25, 0.3) is 21.8 Å². The molecule has 5 nitrogen and oxygen atoms in total. The Labute approximate surface area is 178 Å². The number of benzene rings is 3. The predicted octanol–water partition coefficient (Wildman–Crippen LogP) is 5.50. The molecule has 2 heterocycles. The van der Waals surface area contributed by atoms with Crippen LogP contribution in [0.4, 0.5) is 11.4 Å². The van der Waals surface area contributed by atoms with Crippen molar-refractivity contribution in [1.29, 1.82) is 0 Å². The van der Waals surface area contributed by atoms with Gasteiger partial charge in [-0.3, -0.25) is 19.2 Å². The Balaban J connectivity index is 1.97. The first kappa shape index (κ1) is 18.8. The molecule has 1 aromatic heterocycles. The minimum Gasteiger partial charge on any atom is -0.339 e. The first-order valence-electron chi connectivity index (χ1n) is 9.98. The predicted molar refractivity (Wildman–Crippen MR) is 124 cm³/mol. The number of para-hydroxylation sites is 2. The second-order valence-corrected chi connectivity index (χ2v) is 8.04. The van der Waals surface area contributed by atoms with E-state index in [0.29, 0.717) is 11.1 Å². The highest BCUT2D eigenvalue weighted by Gasteiger charge is 2.34. The molecule has 4 aromatic rings. The minimum absolute atomic E-state index is 0.318. The molecule has 150 valence electrons. The van der Waals surface area contributed by atoms with Crippen LogP contribution in [-0.2, 0) is 6.54 Å². The van der Waals surface area contributed by atoms with E-state index in [9.17, 15) is 9.59 Å². The molecule has 5 rings (SSSR count). The number of fused-ring (bicyclic) bond motifs is 5. The summed E-state index contributed by atoms with van der Waals surface area (Å²) >= 11 is 1.58. The highest BCUT2D eigenvalue weighted by atomic mass is 32.2. The summed E-state index contributed by atoms with van der Waals surface area (Å²) in [7, 11) is 0. The van der Waals surface area contributed by atoms with Crippen LogP contribution in [0.2, 0.25) is 0 Å². The van der Waals surface area contributed by atoms with Gasteiger partial charge in [0.25, 0.3) is 11.8 Å². The molecule has 0 radical (unpaired) electrons. The number of aromatic nitrogens is 1. The SMILES string of the molecule is CCCn1c2ccccc2c2c3c(cc(N(SC)c4ccccc4)c21)C(=O)NC3=O. The van der Waals surface area contributed by atoms with Gasteiger partial charge in [-0.15, -0.1) is 0 Å². The molecule has 0 saturated heterocycles. The number of rotatable bonds is 5. The molecule has 1 aliphatic rings. The van der Waals surface area contributed by atoms with E-state index in [-0.39, 0.29) is 11.8 Å². The summed E-state index contributed by atoms with van der Waals surface area (Å²) in [5, 5.41) is 4.34. The number of hydrogen-bond donors (Lipinski definition) is 1. The molecule has 1 N–H and O–H groups in total. The summed E-state index contributed by atoms with van der Waals surface area (Å²) in [4.78, 5) is 25.4. The molecule has 0 atom stereocenters. The fourth-order valence-electron chi connectivity index (χ4n) is 4.40. The van der Waals surface area contributed by atoms with Crippen LogP contribution >= 0.6 is 11.9 Å². The van der Waals surface area contributed by atoms with Gasteiger partial charge in [-0.25, -0.2) is 0 Å². The molecule has 30 heavy (non-hydrogen) atoms. The van der Waals surface area contributed by atoms with Crippen LogP contribution in [0.5, 0.6) is 0 Å². The van der Waals surface area contributed by atoms with E-state index in [0.717, 1.165) is 46.1 Å². The normalized spacial score (nSPS) is 13.1. The van der Waals surface area contributed by atoms with Crippen molar-refractivity contribution in [2.75, 3.05) is 10.6 Å². The maximum atomic E-state index is 12.8. The van der Waals surface area contributed by atoms with Crippen molar-refractivity contribution in [2.24, 2.45) is 0 Å². The van der Waals surface area contributed by atoms with E-state index in [1.165, 1.54) is 0 Å². The van der Waals surface area contributed by atoms with E-state index in [4.69, 9.17) is 0 Å². The number of nitrogens with zero attached hydrogens (tertiary/aromatic N) is 2. The third kappa shape index (κ3) is 2.64. The molecule has 0 saturated carbocycles. The summed E-state index contributed by atoms with van der Waals surface area (Å²) in [5.41, 5.74) is 4.92. The van der Waals surface area contributed by atoms with Gasteiger partial charge >= 0.3 is 0 Å². The summed E-state index contributed by atoms with van der Waals surface area (Å²) in [6.45, 7) is 2.97. The molecule has 3 aromatic carbocycles. The van der Waals surface area contributed by atoms with Crippen molar-refractivity contribution in [3.8, 4) is 0 Å². The van der Waals surface area contributed by atoms with E-state index >= 15 is 0 Å². The number of carbonyl (C=O) groups excluding carboxylic acids is 2. The average Bonchev–Trinajstić information content (AvgIpc) is 3.24. The number of aryl methyl sites for hydroxylation is 1. The summed E-state index contributed by atoms with van der Waals surface area (Å²) in [5.74, 6) is -0.652. The second-order valence-electron chi connectivity index (χ2n) is 7.31. The monoisotopic (exact) mass is 415 g/mol. The largest absolute Gasteiger partial charge is 0.339 e. The zero-order valence-electron chi connectivity index (χ0n) is 16.8. The van der Waals surface area contributed by atoms with Crippen molar-refractivity contribution in [3.63, 3.8) is 0 Å². The van der Waals surface area contributed by atoms with E-state index < -0.39 is 0 Å². The van der Waals surface area contributed by atoms with Crippen LogP contribution < -0.4 is 9.62 Å². The summed E-state index contributed by atoms with van der Waals surface area (Å²) in [6, 6.07) is 20.1. The fourth-order valence-corrected chi connectivity index (χ4v) is 5.07. The first-order chi connectivity index (χ1) is 14.7. The van der Waals surface area contributed by atoms with Crippen LogP contribution in [0.3, 0.4) is 0 Å². The fraction of sp³-hybridized carbons (Fsp3) is 0.167. The van der Waals surface area contributed by atoms with Gasteiger partial charge in [0, 0.05) is 29.1 Å². The van der Waals surface area contributed by atoms with Gasteiger partial charge in [0.05, 0.1) is 28.0 Å². The third-order valence-electron chi connectivity index (χ3n) is 5.55. The Morgan fingerprint density at radius 2 is 1.73 bits per heavy atom. The molecule has 0 fully saturated rings.